The van der Waals surface area contributed by atoms with E-state index in [9.17, 15) is 14.0 Å². The number of nitrogens with zero attached hydrogens (tertiary/aromatic N) is 1. The van der Waals surface area contributed by atoms with Gasteiger partial charge in [0, 0.05) is 0 Å². The normalized spacial score (nSPS) is 16.3. The summed E-state index contributed by atoms with van der Waals surface area (Å²) in [6, 6.07) is 13.1. The summed E-state index contributed by atoms with van der Waals surface area (Å²) < 4.78 is 23.9. The zero-order valence-electron chi connectivity index (χ0n) is 14.3. The quantitative estimate of drug-likeness (QED) is 0.862. The van der Waals surface area contributed by atoms with Crippen LogP contribution in [0.2, 0.25) is 0 Å². The number of carbonyl (C=O) groups excluding carboxylic acids is 2. The van der Waals surface area contributed by atoms with E-state index < -0.39 is 18.0 Å². The van der Waals surface area contributed by atoms with E-state index in [4.69, 9.17) is 9.47 Å². The number of halogens is 1. The van der Waals surface area contributed by atoms with E-state index in [1.807, 2.05) is 19.1 Å². The minimum absolute atomic E-state index is 0.128. The zero-order valence-corrected chi connectivity index (χ0v) is 14.3. The van der Waals surface area contributed by atoms with Crippen molar-refractivity contribution in [2.75, 3.05) is 24.6 Å². The molecule has 0 aliphatic carbocycles. The highest BCUT2D eigenvalue weighted by Crippen LogP contribution is 2.22. The minimum atomic E-state index is -0.564. The molecule has 1 aliphatic heterocycles. The van der Waals surface area contributed by atoms with Crippen LogP contribution in [0, 0.1) is 12.7 Å². The summed E-state index contributed by atoms with van der Waals surface area (Å²) in [6.07, 6.45) is -1.07. The maximum absolute atomic E-state index is 13.3. The van der Waals surface area contributed by atoms with Crippen LogP contribution in [0.5, 0.6) is 5.75 Å². The Kier molecular flexibility index (Phi) is 5.36. The maximum Gasteiger partial charge on any atom is 0.414 e. The molecule has 0 saturated carbocycles. The Morgan fingerprint density at radius 3 is 2.81 bits per heavy atom. The lowest BCUT2D eigenvalue weighted by Gasteiger charge is -2.13. The van der Waals surface area contributed by atoms with Crippen LogP contribution >= 0.6 is 0 Å². The summed E-state index contributed by atoms with van der Waals surface area (Å²) in [7, 11) is 0. The number of ether oxygens (including phenoxy) is 2. The number of nitrogens with one attached hydrogen (secondary N) is 1. The summed E-state index contributed by atoms with van der Waals surface area (Å²) >= 11 is 0. The fourth-order valence-electron chi connectivity index (χ4n) is 2.54. The molecule has 1 aliphatic rings. The average Bonchev–Trinajstić information content (AvgIpc) is 3.00. The van der Waals surface area contributed by atoms with E-state index in [1.54, 1.807) is 18.2 Å². The highest BCUT2D eigenvalue weighted by atomic mass is 19.1. The molecule has 2 aromatic rings. The molecule has 1 unspecified atom stereocenters. The van der Waals surface area contributed by atoms with Gasteiger partial charge in [0.2, 0.25) is 0 Å². The Balaban J connectivity index is 1.45. The minimum Gasteiger partial charge on any atom is -0.484 e. The molecule has 136 valence electrons. The van der Waals surface area contributed by atoms with Crippen molar-refractivity contribution in [3.63, 3.8) is 0 Å². The standard InChI is InChI=1S/C19H19FN2O4/c1-13-5-7-16(8-6-13)25-12-18(23)21-10-17-11-22(19(24)26-17)15-4-2-3-14(20)9-15/h2-9,17H,10-12H2,1H3,(H,21,23). The lowest BCUT2D eigenvalue weighted by Crippen LogP contribution is -2.37. The zero-order chi connectivity index (χ0) is 18.5. The number of rotatable bonds is 6. The van der Waals surface area contributed by atoms with Gasteiger partial charge in [-0.2, -0.15) is 0 Å². The lowest BCUT2D eigenvalue weighted by molar-refractivity contribution is -0.123. The molecule has 0 aromatic heterocycles. The second kappa shape index (κ2) is 7.86. The van der Waals surface area contributed by atoms with E-state index in [0.717, 1.165) is 5.56 Å². The molecule has 3 rings (SSSR count). The van der Waals surface area contributed by atoms with Crippen molar-refractivity contribution in [1.82, 2.24) is 5.32 Å². The molecular weight excluding hydrogens is 339 g/mol. The van der Waals surface area contributed by atoms with Gasteiger partial charge >= 0.3 is 6.09 Å². The van der Waals surface area contributed by atoms with Crippen molar-refractivity contribution in [1.29, 1.82) is 0 Å². The van der Waals surface area contributed by atoms with Crippen LogP contribution in [0.25, 0.3) is 0 Å². The van der Waals surface area contributed by atoms with Crippen LogP contribution in [-0.4, -0.2) is 37.8 Å². The molecule has 7 heteroatoms. The van der Waals surface area contributed by atoms with E-state index in [0.29, 0.717) is 11.4 Å². The molecule has 0 bridgehead atoms. The molecular formula is C19H19FN2O4. The second-order valence-corrected chi connectivity index (χ2v) is 6.00. The van der Waals surface area contributed by atoms with E-state index in [2.05, 4.69) is 5.32 Å². The van der Waals surface area contributed by atoms with Gasteiger partial charge in [-0.1, -0.05) is 23.8 Å². The van der Waals surface area contributed by atoms with Gasteiger partial charge in [-0.25, -0.2) is 9.18 Å². The van der Waals surface area contributed by atoms with E-state index in [-0.39, 0.29) is 25.6 Å². The number of cyclic esters (lactones) is 1. The van der Waals surface area contributed by atoms with Crippen LogP contribution in [0.1, 0.15) is 5.56 Å². The van der Waals surface area contributed by atoms with Crippen LogP contribution in [-0.2, 0) is 9.53 Å². The second-order valence-electron chi connectivity index (χ2n) is 6.00. The highest BCUT2D eigenvalue weighted by molar-refractivity contribution is 5.89. The van der Waals surface area contributed by atoms with Crippen molar-refractivity contribution in [3.8, 4) is 5.75 Å². The van der Waals surface area contributed by atoms with Gasteiger partial charge in [0.25, 0.3) is 5.91 Å². The Morgan fingerprint density at radius 1 is 1.31 bits per heavy atom. The van der Waals surface area contributed by atoms with Crippen LogP contribution in [0.15, 0.2) is 48.5 Å². The number of benzene rings is 2. The number of aryl methyl sites for hydroxylation is 1. The predicted molar refractivity (Wildman–Crippen MR) is 93.7 cm³/mol. The molecule has 1 N–H and O–H groups in total. The number of hydrogen-bond acceptors (Lipinski definition) is 4. The third-order valence-electron chi connectivity index (χ3n) is 3.91. The first-order valence-electron chi connectivity index (χ1n) is 8.21. The Morgan fingerprint density at radius 2 is 2.08 bits per heavy atom. The molecule has 0 radical (unpaired) electrons. The molecule has 2 aromatic carbocycles. The summed E-state index contributed by atoms with van der Waals surface area (Å²) in [5, 5.41) is 2.67. The SMILES string of the molecule is Cc1ccc(OCC(=O)NCC2CN(c3cccc(F)c3)C(=O)O2)cc1. The van der Waals surface area contributed by atoms with Gasteiger partial charge in [0.1, 0.15) is 17.7 Å². The third-order valence-corrected chi connectivity index (χ3v) is 3.91. The lowest BCUT2D eigenvalue weighted by atomic mass is 10.2. The molecule has 0 spiro atoms. The number of amides is 2. The first kappa shape index (κ1) is 17.7. The van der Waals surface area contributed by atoms with Gasteiger partial charge in [0.05, 0.1) is 18.8 Å². The third kappa shape index (κ3) is 4.50. The van der Waals surface area contributed by atoms with Crippen molar-refractivity contribution in [2.45, 2.75) is 13.0 Å². The van der Waals surface area contributed by atoms with Crippen molar-refractivity contribution < 1.29 is 23.5 Å². The van der Waals surface area contributed by atoms with Crippen molar-refractivity contribution in [3.05, 3.63) is 59.9 Å². The Hall–Kier alpha value is -3.09. The van der Waals surface area contributed by atoms with Gasteiger partial charge in [-0.15, -0.1) is 0 Å². The summed E-state index contributed by atoms with van der Waals surface area (Å²) in [6.45, 7) is 2.23. The molecule has 6 nitrogen and oxygen atoms in total. The van der Waals surface area contributed by atoms with Gasteiger partial charge in [-0.3, -0.25) is 9.69 Å². The molecule has 2 amide bonds. The summed E-state index contributed by atoms with van der Waals surface area (Å²) in [5.41, 5.74) is 1.53. The first-order valence-corrected chi connectivity index (χ1v) is 8.21. The smallest absolute Gasteiger partial charge is 0.414 e. The van der Waals surface area contributed by atoms with Crippen LogP contribution in [0.4, 0.5) is 14.9 Å². The Labute approximate surface area is 150 Å². The number of hydrogen-bond donors (Lipinski definition) is 1. The first-order chi connectivity index (χ1) is 12.5. The van der Waals surface area contributed by atoms with Crippen LogP contribution < -0.4 is 15.0 Å². The van der Waals surface area contributed by atoms with E-state index in [1.165, 1.54) is 23.1 Å². The topological polar surface area (TPSA) is 67.9 Å². The van der Waals surface area contributed by atoms with Gasteiger partial charge in [-0.05, 0) is 37.3 Å². The van der Waals surface area contributed by atoms with Gasteiger partial charge < -0.3 is 14.8 Å². The maximum atomic E-state index is 13.3. The highest BCUT2D eigenvalue weighted by Gasteiger charge is 2.32. The fourth-order valence-corrected chi connectivity index (χ4v) is 2.54. The van der Waals surface area contributed by atoms with Gasteiger partial charge in [0.15, 0.2) is 6.61 Å². The van der Waals surface area contributed by atoms with E-state index >= 15 is 0 Å². The number of carbonyl (C=O) groups is 2. The van der Waals surface area contributed by atoms with Crippen LogP contribution in [0.3, 0.4) is 0 Å². The monoisotopic (exact) mass is 358 g/mol. The largest absolute Gasteiger partial charge is 0.484 e. The molecule has 26 heavy (non-hydrogen) atoms. The number of anilines is 1. The van der Waals surface area contributed by atoms with Crippen molar-refractivity contribution >= 4 is 17.7 Å². The fraction of sp³-hybridized carbons (Fsp3) is 0.263. The molecule has 1 saturated heterocycles. The van der Waals surface area contributed by atoms with Crippen molar-refractivity contribution in [2.24, 2.45) is 0 Å². The molecule has 1 fully saturated rings. The Bertz CT molecular complexity index is 794. The molecule has 1 heterocycles. The predicted octanol–water partition coefficient (Wildman–Crippen LogP) is 2.65. The summed E-state index contributed by atoms with van der Waals surface area (Å²) in [4.78, 5) is 25.1. The molecule has 1 atom stereocenters. The average molecular weight is 358 g/mol. The summed E-state index contributed by atoms with van der Waals surface area (Å²) in [5.74, 6) is -0.138.